The number of nitrogens with zero attached hydrogens (tertiary/aromatic N) is 1. The van der Waals surface area contributed by atoms with Gasteiger partial charge in [-0.05, 0) is 18.6 Å². The fraction of sp³-hybridized carbons (Fsp3) is 0.417. The van der Waals surface area contributed by atoms with Crippen molar-refractivity contribution < 1.29 is 26.4 Å². The van der Waals surface area contributed by atoms with Crippen molar-refractivity contribution in [3.63, 3.8) is 0 Å². The zero-order chi connectivity index (χ0) is 15.7. The molecule has 1 fully saturated rings. The van der Waals surface area contributed by atoms with E-state index in [2.05, 4.69) is 5.32 Å². The van der Waals surface area contributed by atoms with Crippen molar-refractivity contribution in [2.75, 3.05) is 19.6 Å². The Kier molecular flexibility index (Phi) is 4.24. The summed E-state index contributed by atoms with van der Waals surface area (Å²) in [6, 6.07) is 3.96. The lowest BCUT2D eigenvalue weighted by atomic mass is 10.2. The molecule has 1 N–H and O–H groups in total. The van der Waals surface area contributed by atoms with Crippen LogP contribution < -0.4 is 5.32 Å². The summed E-state index contributed by atoms with van der Waals surface area (Å²) in [5.74, 6) is -0.527. The number of halogens is 3. The van der Waals surface area contributed by atoms with Gasteiger partial charge in [0, 0.05) is 13.1 Å². The van der Waals surface area contributed by atoms with Crippen LogP contribution in [0.5, 0.6) is 0 Å². The fourth-order valence-electron chi connectivity index (χ4n) is 2.05. The first-order chi connectivity index (χ1) is 9.73. The lowest BCUT2D eigenvalue weighted by molar-refractivity contribution is -0.139. The number of hydrogen-bond donors (Lipinski definition) is 1. The molecule has 1 aliphatic rings. The van der Waals surface area contributed by atoms with Gasteiger partial charge in [0.15, 0.2) is 0 Å². The number of sulfonamides is 1. The summed E-state index contributed by atoms with van der Waals surface area (Å²) in [6.07, 6.45) is -4.43. The van der Waals surface area contributed by atoms with Gasteiger partial charge < -0.3 is 5.32 Å². The summed E-state index contributed by atoms with van der Waals surface area (Å²) < 4.78 is 64.4. The van der Waals surface area contributed by atoms with Crippen LogP contribution in [0.15, 0.2) is 29.2 Å². The minimum Gasteiger partial charge on any atom is -0.355 e. The van der Waals surface area contributed by atoms with Crippen LogP contribution in [0.25, 0.3) is 0 Å². The van der Waals surface area contributed by atoms with E-state index in [1.165, 1.54) is 6.07 Å². The molecule has 0 aromatic heterocycles. The highest BCUT2D eigenvalue weighted by Crippen LogP contribution is 2.35. The minimum atomic E-state index is -4.78. The van der Waals surface area contributed by atoms with E-state index in [1.54, 1.807) is 0 Å². The molecule has 2 rings (SSSR count). The highest BCUT2D eigenvalue weighted by Gasteiger charge is 2.39. The van der Waals surface area contributed by atoms with Gasteiger partial charge in [0.2, 0.25) is 15.9 Å². The van der Waals surface area contributed by atoms with E-state index in [-0.39, 0.29) is 6.54 Å². The molecule has 1 saturated heterocycles. The molecule has 116 valence electrons. The Morgan fingerprint density at radius 1 is 1.19 bits per heavy atom. The summed E-state index contributed by atoms with van der Waals surface area (Å²) in [7, 11) is -4.38. The Labute approximate surface area is 119 Å². The largest absolute Gasteiger partial charge is 0.417 e. The molecule has 1 heterocycles. The van der Waals surface area contributed by atoms with E-state index >= 15 is 0 Å². The van der Waals surface area contributed by atoms with E-state index in [4.69, 9.17) is 0 Å². The topological polar surface area (TPSA) is 66.5 Å². The second kappa shape index (κ2) is 5.64. The number of carbonyl (C=O) groups is 1. The van der Waals surface area contributed by atoms with Gasteiger partial charge in [-0.1, -0.05) is 12.1 Å². The summed E-state index contributed by atoms with van der Waals surface area (Å²) >= 11 is 0. The molecule has 0 bridgehead atoms. The van der Waals surface area contributed by atoms with Crippen molar-refractivity contribution in [2.24, 2.45) is 0 Å². The molecule has 0 saturated carbocycles. The predicted octanol–water partition coefficient (Wildman–Crippen LogP) is 1.22. The maximum absolute atomic E-state index is 12.9. The van der Waals surface area contributed by atoms with Crippen LogP contribution in [-0.4, -0.2) is 38.3 Å². The van der Waals surface area contributed by atoms with E-state index < -0.39 is 39.1 Å². The van der Waals surface area contributed by atoms with Gasteiger partial charge in [0.1, 0.15) is 0 Å². The number of benzene rings is 1. The third kappa shape index (κ3) is 3.35. The van der Waals surface area contributed by atoms with Crippen LogP contribution in [-0.2, 0) is 21.0 Å². The van der Waals surface area contributed by atoms with Gasteiger partial charge in [0.05, 0.1) is 17.0 Å². The molecule has 0 atom stereocenters. The van der Waals surface area contributed by atoms with Gasteiger partial charge in [-0.3, -0.25) is 4.79 Å². The molecule has 1 aliphatic heterocycles. The molecule has 1 aromatic carbocycles. The average molecular weight is 322 g/mol. The van der Waals surface area contributed by atoms with Crippen LogP contribution in [0.2, 0.25) is 0 Å². The number of amides is 1. The zero-order valence-electron chi connectivity index (χ0n) is 10.9. The molecule has 5 nitrogen and oxygen atoms in total. The lowest BCUT2D eigenvalue weighted by Crippen LogP contribution is -2.38. The second-order valence-electron chi connectivity index (χ2n) is 4.54. The smallest absolute Gasteiger partial charge is 0.355 e. The SMILES string of the molecule is O=C1CN(S(=O)(=O)c2ccccc2C(F)(F)F)CCCN1. The summed E-state index contributed by atoms with van der Waals surface area (Å²) in [5, 5.41) is 2.48. The molecule has 21 heavy (non-hydrogen) atoms. The van der Waals surface area contributed by atoms with Crippen molar-refractivity contribution in [3.05, 3.63) is 29.8 Å². The Morgan fingerprint density at radius 2 is 1.86 bits per heavy atom. The van der Waals surface area contributed by atoms with Crippen molar-refractivity contribution in [1.29, 1.82) is 0 Å². The van der Waals surface area contributed by atoms with Crippen LogP contribution >= 0.6 is 0 Å². The predicted molar refractivity (Wildman–Crippen MR) is 67.8 cm³/mol. The maximum Gasteiger partial charge on any atom is 0.417 e. The standard InChI is InChI=1S/C12H13F3N2O3S/c13-12(14,15)9-4-1-2-5-10(9)21(19,20)17-7-3-6-16-11(18)8-17/h1-2,4-5H,3,6-8H2,(H,16,18). The Hall–Kier alpha value is -1.61. The second-order valence-corrected chi connectivity index (χ2v) is 6.44. The Balaban J connectivity index is 2.47. The lowest BCUT2D eigenvalue weighted by Gasteiger charge is -2.21. The highest BCUT2D eigenvalue weighted by atomic mass is 32.2. The Bertz CT molecular complexity index is 643. The van der Waals surface area contributed by atoms with Crippen LogP contribution in [0.1, 0.15) is 12.0 Å². The van der Waals surface area contributed by atoms with E-state index in [1.807, 2.05) is 0 Å². The number of alkyl halides is 3. The van der Waals surface area contributed by atoms with E-state index in [0.29, 0.717) is 19.0 Å². The fourth-order valence-corrected chi connectivity index (χ4v) is 3.70. The van der Waals surface area contributed by atoms with Gasteiger partial charge in [-0.25, -0.2) is 8.42 Å². The van der Waals surface area contributed by atoms with Gasteiger partial charge in [0.25, 0.3) is 0 Å². The molecular formula is C12H13F3N2O3S. The first-order valence-electron chi connectivity index (χ1n) is 6.16. The molecule has 0 aliphatic carbocycles. The van der Waals surface area contributed by atoms with Gasteiger partial charge in [-0.15, -0.1) is 0 Å². The average Bonchev–Trinajstić information content (AvgIpc) is 2.63. The molecule has 1 aromatic rings. The van der Waals surface area contributed by atoms with Crippen LogP contribution in [0, 0.1) is 0 Å². The molecule has 0 spiro atoms. The third-order valence-corrected chi connectivity index (χ3v) is 4.94. The number of nitrogens with one attached hydrogen (secondary N) is 1. The number of carbonyl (C=O) groups excluding carboxylic acids is 1. The first kappa shape index (κ1) is 15.8. The highest BCUT2D eigenvalue weighted by molar-refractivity contribution is 7.89. The Morgan fingerprint density at radius 3 is 2.52 bits per heavy atom. The van der Waals surface area contributed by atoms with Crippen LogP contribution in [0.3, 0.4) is 0 Å². The molecule has 0 unspecified atom stereocenters. The monoisotopic (exact) mass is 322 g/mol. The zero-order valence-corrected chi connectivity index (χ0v) is 11.7. The summed E-state index contributed by atoms with van der Waals surface area (Å²) in [5.41, 5.74) is -1.23. The van der Waals surface area contributed by atoms with E-state index in [9.17, 15) is 26.4 Å². The maximum atomic E-state index is 12.9. The molecular weight excluding hydrogens is 309 g/mol. The molecule has 9 heteroatoms. The van der Waals surface area contributed by atoms with Gasteiger partial charge >= 0.3 is 6.18 Å². The van der Waals surface area contributed by atoms with Gasteiger partial charge in [-0.2, -0.15) is 17.5 Å². The molecule has 1 amide bonds. The quantitative estimate of drug-likeness (QED) is 0.890. The minimum absolute atomic E-state index is 0.00668. The van der Waals surface area contributed by atoms with Crippen molar-refractivity contribution in [2.45, 2.75) is 17.5 Å². The van der Waals surface area contributed by atoms with Crippen molar-refractivity contribution in [1.82, 2.24) is 9.62 Å². The summed E-state index contributed by atoms with van der Waals surface area (Å²) in [4.78, 5) is 10.6. The molecule has 0 radical (unpaired) electrons. The normalized spacial score (nSPS) is 18.1. The summed E-state index contributed by atoms with van der Waals surface area (Å²) in [6.45, 7) is -0.187. The third-order valence-electron chi connectivity index (χ3n) is 3.04. The number of hydrogen-bond acceptors (Lipinski definition) is 3. The van der Waals surface area contributed by atoms with Crippen LogP contribution in [0.4, 0.5) is 13.2 Å². The van der Waals surface area contributed by atoms with E-state index in [0.717, 1.165) is 16.4 Å². The first-order valence-corrected chi connectivity index (χ1v) is 7.60. The van der Waals surface area contributed by atoms with Crippen molar-refractivity contribution in [3.8, 4) is 0 Å². The number of rotatable bonds is 2. The van der Waals surface area contributed by atoms with Crippen molar-refractivity contribution >= 4 is 15.9 Å².